The van der Waals surface area contributed by atoms with Crippen LogP contribution in [0.5, 0.6) is 5.75 Å². The molecule has 0 radical (unpaired) electrons. The van der Waals surface area contributed by atoms with Crippen molar-refractivity contribution < 1.29 is 14.3 Å². The summed E-state index contributed by atoms with van der Waals surface area (Å²) in [5, 5.41) is 2.76. The van der Waals surface area contributed by atoms with Crippen LogP contribution in [0, 0.1) is 0 Å². The highest BCUT2D eigenvalue weighted by Gasteiger charge is 2.20. The number of hydrogen-bond acceptors (Lipinski definition) is 5. The fraction of sp³-hybridized carbons (Fsp3) is 0.238. The van der Waals surface area contributed by atoms with Gasteiger partial charge >= 0.3 is 0 Å². The monoisotopic (exact) mass is 394 g/mol. The molecular formula is C21H22N4O4. The maximum Gasteiger partial charge on any atom is 0.294 e. The summed E-state index contributed by atoms with van der Waals surface area (Å²) < 4.78 is 6.44. The minimum atomic E-state index is -0.495. The van der Waals surface area contributed by atoms with Crippen molar-refractivity contribution in [1.82, 2.24) is 9.55 Å². The highest BCUT2D eigenvalue weighted by Crippen LogP contribution is 2.17. The summed E-state index contributed by atoms with van der Waals surface area (Å²) >= 11 is 0. The van der Waals surface area contributed by atoms with Gasteiger partial charge in [0.15, 0.2) is 0 Å². The lowest BCUT2D eigenvalue weighted by molar-refractivity contribution is -0.117. The van der Waals surface area contributed by atoms with Gasteiger partial charge in [-0.15, -0.1) is 0 Å². The molecule has 8 heteroatoms. The summed E-state index contributed by atoms with van der Waals surface area (Å²) in [7, 11) is 1.56. The van der Waals surface area contributed by atoms with Crippen LogP contribution in [0.2, 0.25) is 0 Å². The van der Waals surface area contributed by atoms with Crippen LogP contribution in [0.1, 0.15) is 13.8 Å². The molecule has 0 aliphatic heterocycles. The van der Waals surface area contributed by atoms with E-state index >= 15 is 0 Å². The Morgan fingerprint density at radius 3 is 2.45 bits per heavy atom. The summed E-state index contributed by atoms with van der Waals surface area (Å²) in [4.78, 5) is 43.3. The second-order valence-electron chi connectivity index (χ2n) is 6.36. The molecule has 1 N–H and O–H groups in total. The number of methoxy groups -OCH3 is 1. The number of hydrogen-bond donors (Lipinski definition) is 1. The predicted octanol–water partition coefficient (Wildman–Crippen LogP) is 2.42. The molecule has 0 bridgehead atoms. The molecule has 0 aliphatic carbocycles. The van der Waals surface area contributed by atoms with Crippen LogP contribution in [-0.4, -0.2) is 35.0 Å². The van der Waals surface area contributed by atoms with E-state index in [0.29, 0.717) is 29.0 Å². The summed E-state index contributed by atoms with van der Waals surface area (Å²) in [6, 6.07) is 13.9. The van der Waals surface area contributed by atoms with E-state index in [2.05, 4.69) is 10.3 Å². The molecule has 0 aliphatic rings. The third-order valence-electron chi connectivity index (χ3n) is 4.46. The number of carbonyl (C=O) groups excluding carboxylic acids is 2. The third kappa shape index (κ3) is 4.26. The van der Waals surface area contributed by atoms with E-state index in [1.54, 1.807) is 62.6 Å². The van der Waals surface area contributed by atoms with E-state index in [-0.39, 0.29) is 24.2 Å². The molecule has 3 aromatic rings. The molecule has 0 fully saturated rings. The van der Waals surface area contributed by atoms with Crippen LogP contribution >= 0.6 is 0 Å². The van der Waals surface area contributed by atoms with Gasteiger partial charge in [0.2, 0.25) is 17.6 Å². The fourth-order valence-corrected chi connectivity index (χ4v) is 3.05. The largest absolute Gasteiger partial charge is 0.497 e. The fourth-order valence-electron chi connectivity index (χ4n) is 3.05. The summed E-state index contributed by atoms with van der Waals surface area (Å²) in [6.07, 6.45) is 0. The van der Waals surface area contributed by atoms with Crippen molar-refractivity contribution in [2.24, 2.45) is 0 Å². The Kier molecular flexibility index (Phi) is 5.92. The van der Waals surface area contributed by atoms with Crippen LogP contribution in [0.3, 0.4) is 0 Å². The van der Waals surface area contributed by atoms with Crippen LogP contribution in [0.25, 0.3) is 11.0 Å². The Morgan fingerprint density at radius 1 is 1.14 bits per heavy atom. The Hall–Kier alpha value is -3.68. The maximum absolute atomic E-state index is 13.1. The van der Waals surface area contributed by atoms with E-state index in [9.17, 15) is 14.4 Å². The van der Waals surface area contributed by atoms with E-state index in [1.807, 2.05) is 0 Å². The molecule has 0 atom stereocenters. The first-order valence-electron chi connectivity index (χ1n) is 9.16. The Bertz CT molecular complexity index is 1110. The number of benzene rings is 2. The number of ether oxygens (including phenoxy) is 1. The van der Waals surface area contributed by atoms with Gasteiger partial charge < -0.3 is 10.1 Å². The molecule has 0 spiro atoms. The van der Waals surface area contributed by atoms with Crippen molar-refractivity contribution in [3.63, 3.8) is 0 Å². The zero-order chi connectivity index (χ0) is 21.0. The molecule has 3 rings (SSSR count). The average Bonchev–Trinajstić information content (AvgIpc) is 2.71. The topological polar surface area (TPSA) is 93.5 Å². The molecule has 1 aromatic heterocycles. The molecular weight excluding hydrogens is 372 g/mol. The standard InChI is InChI=1S/C21H22N4O4/c1-4-24(14(2)26)20-21(28)25(18-8-6-5-7-17(18)23-20)13-19(27)22-15-9-11-16(29-3)12-10-15/h5-12H,4,13H2,1-3H3,(H,22,27). The molecule has 2 aromatic carbocycles. The second kappa shape index (κ2) is 8.55. The molecule has 0 saturated carbocycles. The van der Waals surface area contributed by atoms with E-state index in [4.69, 9.17) is 4.74 Å². The second-order valence-corrected chi connectivity index (χ2v) is 6.36. The van der Waals surface area contributed by atoms with Crippen molar-refractivity contribution in [2.45, 2.75) is 20.4 Å². The number of fused-ring (bicyclic) bond motifs is 1. The number of carbonyl (C=O) groups is 2. The number of rotatable bonds is 6. The number of para-hydroxylation sites is 2. The quantitative estimate of drug-likeness (QED) is 0.693. The highest BCUT2D eigenvalue weighted by molar-refractivity contribution is 5.93. The van der Waals surface area contributed by atoms with Crippen molar-refractivity contribution in [1.29, 1.82) is 0 Å². The van der Waals surface area contributed by atoms with Crippen molar-refractivity contribution in [3.05, 3.63) is 58.9 Å². The van der Waals surface area contributed by atoms with E-state index in [0.717, 1.165) is 0 Å². The Balaban J connectivity index is 1.98. The van der Waals surface area contributed by atoms with Gasteiger partial charge in [-0.1, -0.05) is 12.1 Å². The average molecular weight is 394 g/mol. The molecule has 1 heterocycles. The molecule has 150 valence electrons. The molecule has 0 unspecified atom stereocenters. The van der Waals surface area contributed by atoms with Crippen molar-refractivity contribution >= 4 is 34.4 Å². The zero-order valence-corrected chi connectivity index (χ0v) is 16.5. The number of nitrogens with zero attached hydrogens (tertiary/aromatic N) is 3. The number of aromatic nitrogens is 2. The minimum absolute atomic E-state index is 0.0101. The number of nitrogens with one attached hydrogen (secondary N) is 1. The van der Waals surface area contributed by atoms with Crippen molar-refractivity contribution in [2.75, 3.05) is 23.9 Å². The molecule has 0 saturated heterocycles. The summed E-state index contributed by atoms with van der Waals surface area (Å²) in [5.41, 5.74) is 1.14. The SMILES string of the molecule is CCN(C(C)=O)c1nc2ccccc2n(CC(=O)Nc2ccc(OC)cc2)c1=O. The predicted molar refractivity (Wildman–Crippen MR) is 111 cm³/mol. The van der Waals surface area contributed by atoms with Gasteiger partial charge in [-0.3, -0.25) is 23.9 Å². The Morgan fingerprint density at radius 2 is 1.83 bits per heavy atom. The number of anilines is 2. The molecule has 8 nitrogen and oxygen atoms in total. The van der Waals surface area contributed by atoms with E-state index in [1.165, 1.54) is 16.4 Å². The van der Waals surface area contributed by atoms with Gasteiger partial charge in [-0.25, -0.2) is 4.98 Å². The first-order chi connectivity index (χ1) is 13.9. The summed E-state index contributed by atoms with van der Waals surface area (Å²) in [6.45, 7) is 3.23. The van der Waals surface area contributed by atoms with Gasteiger partial charge in [-0.05, 0) is 43.3 Å². The van der Waals surface area contributed by atoms with E-state index < -0.39 is 5.56 Å². The first-order valence-corrected chi connectivity index (χ1v) is 9.16. The van der Waals surface area contributed by atoms with Crippen LogP contribution in [0.15, 0.2) is 53.3 Å². The first kappa shape index (κ1) is 20.1. The smallest absolute Gasteiger partial charge is 0.294 e. The van der Waals surface area contributed by atoms with Crippen LogP contribution < -0.4 is 20.5 Å². The zero-order valence-electron chi connectivity index (χ0n) is 16.5. The van der Waals surface area contributed by atoms with Crippen LogP contribution in [-0.2, 0) is 16.1 Å². The lowest BCUT2D eigenvalue weighted by Crippen LogP contribution is -2.38. The van der Waals surface area contributed by atoms with Gasteiger partial charge in [0, 0.05) is 19.2 Å². The van der Waals surface area contributed by atoms with Gasteiger partial charge in [0.25, 0.3) is 5.56 Å². The lowest BCUT2D eigenvalue weighted by Gasteiger charge is -2.19. The molecule has 2 amide bonds. The van der Waals surface area contributed by atoms with Gasteiger partial charge in [0.1, 0.15) is 12.3 Å². The highest BCUT2D eigenvalue weighted by atomic mass is 16.5. The van der Waals surface area contributed by atoms with Crippen LogP contribution in [0.4, 0.5) is 11.5 Å². The maximum atomic E-state index is 13.1. The van der Waals surface area contributed by atoms with Crippen molar-refractivity contribution in [3.8, 4) is 5.75 Å². The molecule has 29 heavy (non-hydrogen) atoms. The lowest BCUT2D eigenvalue weighted by atomic mass is 10.2. The van der Waals surface area contributed by atoms with Gasteiger partial charge in [-0.2, -0.15) is 0 Å². The summed E-state index contributed by atoms with van der Waals surface area (Å²) in [5.74, 6) is 0.0240. The third-order valence-corrected chi connectivity index (χ3v) is 4.46. The Labute approximate surface area is 167 Å². The normalized spacial score (nSPS) is 10.6. The minimum Gasteiger partial charge on any atom is -0.497 e. The van der Waals surface area contributed by atoms with Gasteiger partial charge in [0.05, 0.1) is 18.1 Å². The number of amides is 2.